The molecule has 0 aliphatic rings. The normalized spacial score (nSPS) is 10.4. The second kappa shape index (κ2) is 5.40. The highest BCUT2D eigenvalue weighted by molar-refractivity contribution is 9.10. The fraction of sp³-hybridized carbons (Fsp3) is 0.0625. The number of hydrogen-bond acceptors (Lipinski definition) is 3. The Morgan fingerprint density at radius 1 is 1.05 bits per heavy atom. The van der Waals surface area contributed by atoms with Crippen molar-refractivity contribution in [3.05, 3.63) is 64.5 Å². The molecule has 0 bridgehead atoms. The molecule has 3 rings (SSSR count). The molecule has 2 aromatic carbocycles. The Morgan fingerprint density at radius 3 is 2.65 bits per heavy atom. The molecule has 0 spiro atoms. The van der Waals surface area contributed by atoms with Gasteiger partial charge < -0.3 is 9.73 Å². The zero-order valence-electron chi connectivity index (χ0n) is 10.6. The van der Waals surface area contributed by atoms with Crippen molar-refractivity contribution < 1.29 is 4.42 Å². The van der Waals surface area contributed by atoms with Crippen LogP contribution in [0, 0.1) is 11.3 Å². The van der Waals surface area contributed by atoms with Gasteiger partial charge in [-0.3, -0.25) is 0 Å². The lowest BCUT2D eigenvalue weighted by Gasteiger charge is -2.06. The van der Waals surface area contributed by atoms with Crippen LogP contribution in [0.2, 0.25) is 0 Å². The second-order valence-electron chi connectivity index (χ2n) is 4.44. The number of anilines is 1. The van der Waals surface area contributed by atoms with Gasteiger partial charge in [0, 0.05) is 10.2 Å². The minimum absolute atomic E-state index is 0.338. The van der Waals surface area contributed by atoms with Gasteiger partial charge in [-0.25, -0.2) is 0 Å². The first-order chi connectivity index (χ1) is 9.74. The van der Waals surface area contributed by atoms with E-state index in [1.54, 1.807) is 6.07 Å². The fourth-order valence-electron chi connectivity index (χ4n) is 2.05. The van der Waals surface area contributed by atoms with E-state index in [2.05, 4.69) is 45.5 Å². The lowest BCUT2D eigenvalue weighted by Crippen LogP contribution is -1.97. The molecule has 0 radical (unpaired) electrons. The smallest absolute Gasteiger partial charge is 0.203 e. The molecule has 3 nitrogen and oxygen atoms in total. The van der Waals surface area contributed by atoms with Crippen LogP contribution >= 0.6 is 15.9 Å². The summed E-state index contributed by atoms with van der Waals surface area (Å²) in [6.07, 6.45) is 0. The summed E-state index contributed by atoms with van der Waals surface area (Å²) in [6, 6.07) is 17.8. The molecule has 0 aliphatic heterocycles. The Labute approximate surface area is 125 Å². The van der Waals surface area contributed by atoms with Crippen LogP contribution in [-0.4, -0.2) is 0 Å². The Morgan fingerprint density at radius 2 is 1.85 bits per heavy atom. The zero-order chi connectivity index (χ0) is 13.9. The summed E-state index contributed by atoms with van der Waals surface area (Å²) in [5.41, 5.74) is 1.02. The standard InChI is InChI=1S/C16H11BrN2O/c17-13-3-1-12-8-14(4-2-11(12)7-13)19-10-16-6-5-15(9-18)20-16/h1-8,19H,10H2. The molecule has 0 aliphatic carbocycles. The van der Waals surface area contributed by atoms with Crippen LogP contribution in [0.1, 0.15) is 11.5 Å². The van der Waals surface area contributed by atoms with Gasteiger partial charge in [0.15, 0.2) is 0 Å². The van der Waals surface area contributed by atoms with Crippen molar-refractivity contribution in [3.63, 3.8) is 0 Å². The number of nitrogens with one attached hydrogen (secondary N) is 1. The summed E-state index contributed by atoms with van der Waals surface area (Å²) < 4.78 is 6.40. The number of benzene rings is 2. The van der Waals surface area contributed by atoms with Gasteiger partial charge in [-0.15, -0.1) is 0 Å². The second-order valence-corrected chi connectivity index (χ2v) is 5.35. The average molecular weight is 327 g/mol. The van der Waals surface area contributed by atoms with Crippen molar-refractivity contribution in [1.82, 2.24) is 0 Å². The summed E-state index contributed by atoms with van der Waals surface area (Å²) in [5, 5.41) is 14.4. The molecular formula is C16H11BrN2O. The summed E-state index contributed by atoms with van der Waals surface area (Å²) >= 11 is 3.47. The van der Waals surface area contributed by atoms with Gasteiger partial charge in [-0.1, -0.05) is 28.1 Å². The first-order valence-electron chi connectivity index (χ1n) is 6.16. The van der Waals surface area contributed by atoms with Gasteiger partial charge in [-0.2, -0.15) is 5.26 Å². The maximum atomic E-state index is 8.71. The molecule has 0 amide bonds. The van der Waals surface area contributed by atoms with Crippen LogP contribution < -0.4 is 5.32 Å². The Hall–Kier alpha value is -2.25. The molecule has 0 unspecified atom stereocenters. The SMILES string of the molecule is N#Cc1ccc(CNc2ccc3cc(Br)ccc3c2)o1. The van der Waals surface area contributed by atoms with E-state index >= 15 is 0 Å². The highest BCUT2D eigenvalue weighted by Crippen LogP contribution is 2.23. The van der Waals surface area contributed by atoms with Crippen molar-refractivity contribution in [2.24, 2.45) is 0 Å². The van der Waals surface area contributed by atoms with Crippen molar-refractivity contribution in [1.29, 1.82) is 5.26 Å². The topological polar surface area (TPSA) is 49.0 Å². The number of nitrogens with zero attached hydrogens (tertiary/aromatic N) is 1. The molecule has 20 heavy (non-hydrogen) atoms. The van der Waals surface area contributed by atoms with E-state index in [9.17, 15) is 0 Å². The predicted molar refractivity (Wildman–Crippen MR) is 82.4 cm³/mol. The third-order valence-electron chi connectivity index (χ3n) is 3.04. The van der Waals surface area contributed by atoms with Crippen molar-refractivity contribution in [2.75, 3.05) is 5.32 Å². The van der Waals surface area contributed by atoms with E-state index < -0.39 is 0 Å². The Bertz CT molecular complexity index is 802. The predicted octanol–water partition coefficient (Wildman–Crippen LogP) is 4.68. The largest absolute Gasteiger partial charge is 0.449 e. The summed E-state index contributed by atoms with van der Waals surface area (Å²) in [6.45, 7) is 0.559. The molecule has 3 aromatic rings. The van der Waals surface area contributed by atoms with E-state index in [-0.39, 0.29) is 0 Å². The number of hydrogen-bond donors (Lipinski definition) is 1. The van der Waals surface area contributed by atoms with E-state index in [1.165, 1.54) is 10.8 Å². The van der Waals surface area contributed by atoms with Gasteiger partial charge in [0.1, 0.15) is 11.8 Å². The van der Waals surface area contributed by atoms with Crippen molar-refractivity contribution in [3.8, 4) is 6.07 Å². The highest BCUT2D eigenvalue weighted by atomic mass is 79.9. The van der Waals surface area contributed by atoms with Gasteiger partial charge in [0.05, 0.1) is 6.54 Å². The monoisotopic (exact) mass is 326 g/mol. The molecule has 98 valence electrons. The molecule has 4 heteroatoms. The van der Waals surface area contributed by atoms with E-state index in [0.29, 0.717) is 12.3 Å². The molecule has 1 N–H and O–H groups in total. The Kier molecular flexibility index (Phi) is 3.44. The van der Waals surface area contributed by atoms with Crippen LogP contribution in [0.3, 0.4) is 0 Å². The van der Waals surface area contributed by atoms with Crippen LogP contribution in [0.15, 0.2) is 57.4 Å². The first kappa shape index (κ1) is 12.8. The van der Waals surface area contributed by atoms with Crippen LogP contribution in [-0.2, 0) is 6.54 Å². The molecule has 0 saturated carbocycles. The third-order valence-corrected chi connectivity index (χ3v) is 3.53. The van der Waals surface area contributed by atoms with E-state index in [4.69, 9.17) is 9.68 Å². The summed E-state index contributed by atoms with van der Waals surface area (Å²) in [7, 11) is 0. The number of nitriles is 1. The summed E-state index contributed by atoms with van der Waals surface area (Å²) in [5.74, 6) is 1.09. The van der Waals surface area contributed by atoms with Crippen LogP contribution in [0.25, 0.3) is 10.8 Å². The van der Waals surface area contributed by atoms with Crippen LogP contribution in [0.5, 0.6) is 0 Å². The van der Waals surface area contributed by atoms with Gasteiger partial charge in [-0.05, 0) is 47.2 Å². The van der Waals surface area contributed by atoms with Gasteiger partial charge in [0.2, 0.25) is 5.76 Å². The van der Waals surface area contributed by atoms with E-state index in [0.717, 1.165) is 15.9 Å². The average Bonchev–Trinajstić information content (AvgIpc) is 2.93. The van der Waals surface area contributed by atoms with Gasteiger partial charge in [0.25, 0.3) is 0 Å². The number of rotatable bonds is 3. The first-order valence-corrected chi connectivity index (χ1v) is 6.96. The van der Waals surface area contributed by atoms with Crippen molar-refractivity contribution in [2.45, 2.75) is 6.54 Å². The quantitative estimate of drug-likeness (QED) is 0.760. The zero-order valence-corrected chi connectivity index (χ0v) is 12.1. The molecule has 0 fully saturated rings. The van der Waals surface area contributed by atoms with Crippen molar-refractivity contribution >= 4 is 32.4 Å². The van der Waals surface area contributed by atoms with Crippen LogP contribution in [0.4, 0.5) is 5.69 Å². The lowest BCUT2D eigenvalue weighted by atomic mass is 10.1. The number of furan rings is 1. The minimum Gasteiger partial charge on any atom is -0.449 e. The fourth-order valence-corrected chi connectivity index (χ4v) is 2.43. The molecule has 1 heterocycles. The molecule has 1 aromatic heterocycles. The van der Waals surface area contributed by atoms with E-state index in [1.807, 2.05) is 24.3 Å². The third kappa shape index (κ3) is 2.68. The molecular weight excluding hydrogens is 316 g/mol. The minimum atomic E-state index is 0.338. The number of fused-ring (bicyclic) bond motifs is 1. The molecule has 0 saturated heterocycles. The van der Waals surface area contributed by atoms with Gasteiger partial charge >= 0.3 is 0 Å². The molecule has 0 atom stereocenters. The maximum Gasteiger partial charge on any atom is 0.203 e. The maximum absolute atomic E-state index is 8.71. The highest BCUT2D eigenvalue weighted by Gasteiger charge is 2.02. The number of halogens is 1. The summed E-state index contributed by atoms with van der Waals surface area (Å²) in [4.78, 5) is 0. The Balaban J connectivity index is 1.77. The lowest BCUT2D eigenvalue weighted by molar-refractivity contribution is 0.506.